The van der Waals surface area contributed by atoms with E-state index in [0.29, 0.717) is 37.1 Å². The number of amides is 3. The van der Waals surface area contributed by atoms with Gasteiger partial charge in [0.15, 0.2) is 0 Å². The van der Waals surface area contributed by atoms with Crippen LogP contribution in [0.2, 0.25) is 0 Å². The van der Waals surface area contributed by atoms with Gasteiger partial charge in [-0.3, -0.25) is 4.79 Å². The fourth-order valence-corrected chi connectivity index (χ4v) is 4.21. The number of nitrogens with two attached hydrogens (primary N) is 1. The lowest BCUT2D eigenvalue weighted by atomic mass is 9.87. The van der Waals surface area contributed by atoms with Crippen LogP contribution in [0.3, 0.4) is 0 Å². The van der Waals surface area contributed by atoms with Crippen LogP contribution in [-0.4, -0.2) is 23.4 Å². The minimum atomic E-state index is -0.439. The Kier molecular flexibility index (Phi) is 4.56. The molecule has 27 heavy (non-hydrogen) atoms. The van der Waals surface area contributed by atoms with Crippen molar-refractivity contribution in [3.05, 3.63) is 70.0 Å². The van der Waals surface area contributed by atoms with Gasteiger partial charge in [-0.15, -0.1) is 0 Å². The van der Waals surface area contributed by atoms with Crippen LogP contribution in [-0.2, 0) is 19.4 Å². The monoisotopic (exact) mass is 367 g/mol. The van der Waals surface area contributed by atoms with Gasteiger partial charge >= 0.3 is 6.03 Å². The van der Waals surface area contributed by atoms with Gasteiger partial charge in [-0.05, 0) is 60.1 Å². The van der Waals surface area contributed by atoms with Crippen molar-refractivity contribution >= 4 is 11.9 Å². The molecular formula is C21H22FN3O2. The number of halogens is 1. The lowest BCUT2D eigenvalue weighted by Crippen LogP contribution is -2.45. The van der Waals surface area contributed by atoms with E-state index in [1.54, 1.807) is 23.1 Å². The number of rotatable bonds is 2. The topological polar surface area (TPSA) is 75.4 Å². The molecule has 0 spiro atoms. The molecule has 4 rings (SSSR count). The number of nitrogens with zero attached hydrogens (tertiary/aromatic N) is 1. The van der Waals surface area contributed by atoms with E-state index in [0.717, 1.165) is 29.5 Å². The highest BCUT2D eigenvalue weighted by Crippen LogP contribution is 2.31. The SMILES string of the molecule is NC(=O)c1cccc2c1CCN(C(=O)NC1CCCc3c(F)cccc31)C2. The van der Waals surface area contributed by atoms with Crippen LogP contribution >= 0.6 is 0 Å². The maximum Gasteiger partial charge on any atom is 0.318 e. The van der Waals surface area contributed by atoms with E-state index in [1.807, 2.05) is 12.1 Å². The molecule has 2 aromatic rings. The van der Waals surface area contributed by atoms with Gasteiger partial charge in [0.05, 0.1) is 6.04 Å². The molecule has 140 valence electrons. The summed E-state index contributed by atoms with van der Waals surface area (Å²) in [5, 5.41) is 3.07. The van der Waals surface area contributed by atoms with Gasteiger partial charge in [0.2, 0.25) is 5.91 Å². The predicted octanol–water partition coefficient (Wildman–Crippen LogP) is 3.07. The van der Waals surface area contributed by atoms with Gasteiger partial charge in [0.1, 0.15) is 5.82 Å². The quantitative estimate of drug-likeness (QED) is 0.856. The third kappa shape index (κ3) is 3.27. The maximum absolute atomic E-state index is 14.0. The third-order valence-electron chi connectivity index (χ3n) is 5.57. The normalized spacial score (nSPS) is 18.4. The summed E-state index contributed by atoms with van der Waals surface area (Å²) in [6, 6.07) is 10.2. The molecule has 6 heteroatoms. The molecule has 0 saturated carbocycles. The second-order valence-electron chi connectivity index (χ2n) is 7.18. The third-order valence-corrected chi connectivity index (χ3v) is 5.57. The molecule has 3 amide bonds. The minimum Gasteiger partial charge on any atom is -0.366 e. The Morgan fingerprint density at radius 2 is 1.93 bits per heavy atom. The summed E-state index contributed by atoms with van der Waals surface area (Å²) >= 11 is 0. The summed E-state index contributed by atoms with van der Waals surface area (Å²) in [6.07, 6.45) is 2.96. The molecule has 0 fully saturated rings. The van der Waals surface area contributed by atoms with Crippen molar-refractivity contribution in [3.8, 4) is 0 Å². The molecule has 1 unspecified atom stereocenters. The summed E-state index contributed by atoms with van der Waals surface area (Å²) in [7, 11) is 0. The molecule has 1 aliphatic heterocycles. The van der Waals surface area contributed by atoms with Gasteiger partial charge in [-0.25, -0.2) is 9.18 Å². The largest absolute Gasteiger partial charge is 0.366 e. The molecular weight excluding hydrogens is 345 g/mol. The molecule has 1 aliphatic carbocycles. The van der Waals surface area contributed by atoms with Crippen molar-refractivity contribution < 1.29 is 14.0 Å². The van der Waals surface area contributed by atoms with Gasteiger partial charge in [-0.1, -0.05) is 24.3 Å². The molecule has 0 radical (unpaired) electrons. The number of hydrogen-bond donors (Lipinski definition) is 2. The molecule has 0 saturated heterocycles. The molecule has 5 nitrogen and oxygen atoms in total. The number of hydrogen-bond acceptors (Lipinski definition) is 2. The van der Waals surface area contributed by atoms with E-state index in [4.69, 9.17) is 5.73 Å². The zero-order valence-corrected chi connectivity index (χ0v) is 15.0. The fraction of sp³-hybridized carbons (Fsp3) is 0.333. The van der Waals surface area contributed by atoms with E-state index in [-0.39, 0.29) is 17.9 Å². The first-order valence-electron chi connectivity index (χ1n) is 9.28. The Morgan fingerprint density at radius 3 is 2.74 bits per heavy atom. The molecule has 2 aliphatic rings. The Morgan fingerprint density at radius 1 is 1.11 bits per heavy atom. The number of fused-ring (bicyclic) bond motifs is 2. The Labute approximate surface area is 157 Å². The molecule has 3 N–H and O–H groups in total. The van der Waals surface area contributed by atoms with Crippen LogP contribution in [0.5, 0.6) is 0 Å². The van der Waals surface area contributed by atoms with E-state index in [1.165, 1.54) is 6.07 Å². The number of urea groups is 1. The first kappa shape index (κ1) is 17.5. The highest BCUT2D eigenvalue weighted by atomic mass is 19.1. The lowest BCUT2D eigenvalue weighted by Gasteiger charge is -2.33. The Balaban J connectivity index is 1.50. The van der Waals surface area contributed by atoms with Crippen LogP contribution in [0.1, 0.15) is 51.5 Å². The Bertz CT molecular complexity index is 912. The first-order valence-corrected chi connectivity index (χ1v) is 9.28. The highest BCUT2D eigenvalue weighted by molar-refractivity contribution is 5.94. The molecule has 2 aromatic carbocycles. The van der Waals surface area contributed by atoms with Gasteiger partial charge in [0.25, 0.3) is 0 Å². The molecule has 0 bridgehead atoms. The van der Waals surface area contributed by atoms with Crippen LogP contribution in [0.4, 0.5) is 9.18 Å². The zero-order valence-electron chi connectivity index (χ0n) is 15.0. The van der Waals surface area contributed by atoms with Crippen molar-refractivity contribution in [1.82, 2.24) is 10.2 Å². The summed E-state index contributed by atoms with van der Waals surface area (Å²) < 4.78 is 14.0. The smallest absolute Gasteiger partial charge is 0.318 e. The zero-order chi connectivity index (χ0) is 19.0. The maximum atomic E-state index is 14.0. The fourth-order valence-electron chi connectivity index (χ4n) is 4.21. The van der Waals surface area contributed by atoms with Crippen molar-refractivity contribution in [3.63, 3.8) is 0 Å². The van der Waals surface area contributed by atoms with Crippen molar-refractivity contribution in [2.24, 2.45) is 5.73 Å². The number of benzene rings is 2. The van der Waals surface area contributed by atoms with Crippen LogP contribution < -0.4 is 11.1 Å². The number of primary amides is 1. The van der Waals surface area contributed by atoms with Crippen LogP contribution in [0, 0.1) is 5.82 Å². The average molecular weight is 367 g/mol. The van der Waals surface area contributed by atoms with Crippen LogP contribution in [0.25, 0.3) is 0 Å². The lowest BCUT2D eigenvalue weighted by molar-refractivity contribution is 0.0998. The van der Waals surface area contributed by atoms with E-state index >= 15 is 0 Å². The second-order valence-corrected chi connectivity index (χ2v) is 7.18. The highest BCUT2D eigenvalue weighted by Gasteiger charge is 2.28. The first-order chi connectivity index (χ1) is 13.0. The van der Waals surface area contributed by atoms with Crippen molar-refractivity contribution in [1.29, 1.82) is 0 Å². The van der Waals surface area contributed by atoms with Crippen LogP contribution in [0.15, 0.2) is 36.4 Å². The summed E-state index contributed by atoms with van der Waals surface area (Å²) in [4.78, 5) is 26.1. The number of carbonyl (C=O) groups is 2. The second kappa shape index (κ2) is 7.02. The van der Waals surface area contributed by atoms with Crippen molar-refractivity contribution in [2.45, 2.75) is 38.3 Å². The number of carbonyl (C=O) groups excluding carboxylic acids is 2. The predicted molar refractivity (Wildman–Crippen MR) is 99.7 cm³/mol. The molecule has 1 heterocycles. The minimum absolute atomic E-state index is 0.160. The number of nitrogens with one attached hydrogen (secondary N) is 1. The summed E-state index contributed by atoms with van der Waals surface area (Å²) in [5.41, 5.74) is 9.45. The van der Waals surface area contributed by atoms with E-state index < -0.39 is 5.91 Å². The van der Waals surface area contributed by atoms with Gasteiger partial charge < -0.3 is 16.0 Å². The molecule has 1 atom stereocenters. The Hall–Kier alpha value is -2.89. The molecule has 0 aromatic heterocycles. The van der Waals surface area contributed by atoms with E-state index in [2.05, 4.69) is 5.32 Å². The van der Waals surface area contributed by atoms with E-state index in [9.17, 15) is 14.0 Å². The standard InChI is InChI=1S/C21H22FN3O2/c22-18-8-2-6-16-15(18)5-3-9-19(16)24-21(27)25-11-10-14-13(12-25)4-1-7-17(14)20(23)26/h1-2,4,6-8,19H,3,5,9-12H2,(H2,23,26)(H,24,27). The summed E-state index contributed by atoms with van der Waals surface area (Å²) in [5.74, 6) is -0.636. The average Bonchev–Trinajstić information content (AvgIpc) is 2.67. The summed E-state index contributed by atoms with van der Waals surface area (Å²) in [6.45, 7) is 0.955. The van der Waals surface area contributed by atoms with Crippen molar-refractivity contribution in [2.75, 3.05) is 6.54 Å². The van der Waals surface area contributed by atoms with Gasteiger partial charge in [0, 0.05) is 18.7 Å². The van der Waals surface area contributed by atoms with Gasteiger partial charge in [-0.2, -0.15) is 0 Å².